The molecule has 0 aromatic heterocycles. The number of nitrogens with zero attached hydrogens (tertiary/aromatic N) is 2. The smallest absolute Gasteiger partial charge is 0.226 e. The van der Waals surface area contributed by atoms with Crippen LogP contribution in [0.15, 0.2) is 30.3 Å². The Kier molecular flexibility index (Phi) is 7.84. The summed E-state index contributed by atoms with van der Waals surface area (Å²) in [6.07, 6.45) is 4.91. The summed E-state index contributed by atoms with van der Waals surface area (Å²) in [6.45, 7) is 7.76. The van der Waals surface area contributed by atoms with Crippen molar-refractivity contribution in [2.24, 2.45) is 11.8 Å². The molecule has 0 radical (unpaired) electrons. The number of likely N-dealkylation sites (tertiary alicyclic amines) is 2. The average Bonchev–Trinajstić information content (AvgIpc) is 3.02. The van der Waals surface area contributed by atoms with Gasteiger partial charge in [-0.05, 0) is 57.7 Å². The number of carbonyl (C=O) groups excluding carboxylic acids is 2. The van der Waals surface area contributed by atoms with Crippen LogP contribution in [0.4, 0.5) is 0 Å². The van der Waals surface area contributed by atoms with E-state index in [1.54, 1.807) is 7.05 Å². The predicted molar refractivity (Wildman–Crippen MR) is 117 cm³/mol. The molecule has 1 aromatic carbocycles. The summed E-state index contributed by atoms with van der Waals surface area (Å²) in [5, 5.41) is 2.98. The van der Waals surface area contributed by atoms with E-state index in [9.17, 15) is 9.59 Å². The molecule has 1 aromatic rings. The summed E-state index contributed by atoms with van der Waals surface area (Å²) < 4.78 is 0. The molecule has 160 valence electrons. The lowest BCUT2D eigenvalue weighted by Crippen LogP contribution is -2.47. The first-order chi connectivity index (χ1) is 14.0. The van der Waals surface area contributed by atoms with Crippen LogP contribution in [0.2, 0.25) is 0 Å². The Morgan fingerprint density at radius 3 is 2.62 bits per heavy atom. The molecule has 2 saturated heterocycles. The Morgan fingerprint density at radius 2 is 1.90 bits per heavy atom. The van der Waals surface area contributed by atoms with Gasteiger partial charge >= 0.3 is 0 Å². The molecule has 0 saturated carbocycles. The Bertz CT molecular complexity index is 678. The number of hydrogen-bond acceptors (Lipinski definition) is 4. The number of carbonyl (C=O) groups is 2. The monoisotopic (exact) mass is 399 g/mol. The van der Waals surface area contributed by atoms with E-state index >= 15 is 0 Å². The number of ketones is 1. The molecule has 0 spiro atoms. The molecule has 2 heterocycles. The minimum absolute atomic E-state index is 0.120. The van der Waals surface area contributed by atoms with Crippen molar-refractivity contribution in [3.63, 3.8) is 0 Å². The Hall–Kier alpha value is -1.72. The molecule has 2 aliphatic heterocycles. The number of benzene rings is 1. The lowest BCUT2D eigenvalue weighted by atomic mass is 9.95. The van der Waals surface area contributed by atoms with Gasteiger partial charge in [0.2, 0.25) is 5.91 Å². The van der Waals surface area contributed by atoms with Crippen molar-refractivity contribution >= 4 is 11.7 Å². The SMILES string of the molecule is CN[C@@H](C)C(=O)C[C@H](C)C(=O)N1CC[C@H]2CCCN(CCc3ccccc3)C[C@H]21. The summed E-state index contributed by atoms with van der Waals surface area (Å²) >= 11 is 0. The van der Waals surface area contributed by atoms with Gasteiger partial charge in [0.1, 0.15) is 5.78 Å². The molecule has 1 amide bonds. The van der Waals surface area contributed by atoms with E-state index in [2.05, 4.69) is 45.4 Å². The second-order valence-electron chi connectivity index (χ2n) is 8.91. The molecule has 4 atom stereocenters. The summed E-state index contributed by atoms with van der Waals surface area (Å²) in [5.74, 6) is 0.659. The Labute approximate surface area is 175 Å². The van der Waals surface area contributed by atoms with Crippen LogP contribution in [0.3, 0.4) is 0 Å². The summed E-state index contributed by atoms with van der Waals surface area (Å²) in [4.78, 5) is 30.1. The van der Waals surface area contributed by atoms with Gasteiger partial charge in [-0.2, -0.15) is 0 Å². The number of Topliss-reactive ketones (excluding diaryl/α,β-unsaturated/α-hetero) is 1. The maximum Gasteiger partial charge on any atom is 0.226 e. The van der Waals surface area contributed by atoms with Crippen LogP contribution in [-0.2, 0) is 16.0 Å². The zero-order valence-electron chi connectivity index (χ0n) is 18.3. The molecule has 2 fully saturated rings. The highest BCUT2D eigenvalue weighted by atomic mass is 16.2. The van der Waals surface area contributed by atoms with Crippen molar-refractivity contribution in [1.29, 1.82) is 0 Å². The van der Waals surface area contributed by atoms with Crippen LogP contribution in [0.5, 0.6) is 0 Å². The van der Waals surface area contributed by atoms with Crippen molar-refractivity contribution in [2.45, 2.75) is 58.0 Å². The molecule has 0 unspecified atom stereocenters. The van der Waals surface area contributed by atoms with Crippen molar-refractivity contribution in [1.82, 2.24) is 15.1 Å². The zero-order chi connectivity index (χ0) is 20.8. The van der Waals surface area contributed by atoms with E-state index in [-0.39, 0.29) is 23.7 Å². The molecule has 3 rings (SSSR count). The highest BCUT2D eigenvalue weighted by Crippen LogP contribution is 2.33. The third-order valence-electron chi connectivity index (χ3n) is 6.87. The van der Waals surface area contributed by atoms with Crippen LogP contribution in [0.1, 0.15) is 45.1 Å². The van der Waals surface area contributed by atoms with E-state index in [4.69, 9.17) is 0 Å². The molecule has 2 aliphatic rings. The molecular weight excluding hydrogens is 362 g/mol. The first kappa shape index (κ1) is 22.0. The Morgan fingerprint density at radius 1 is 1.14 bits per heavy atom. The summed E-state index contributed by atoms with van der Waals surface area (Å²) in [7, 11) is 1.79. The maximum absolute atomic E-state index is 13.2. The van der Waals surface area contributed by atoms with Gasteiger partial charge in [-0.25, -0.2) is 0 Å². The van der Waals surface area contributed by atoms with E-state index in [0.717, 1.165) is 39.0 Å². The van der Waals surface area contributed by atoms with Gasteiger partial charge in [0.15, 0.2) is 0 Å². The normalized spacial score (nSPS) is 24.6. The highest BCUT2D eigenvalue weighted by Gasteiger charge is 2.40. The fraction of sp³-hybridized carbons (Fsp3) is 0.667. The second-order valence-corrected chi connectivity index (χ2v) is 8.91. The number of hydrogen-bond donors (Lipinski definition) is 1. The first-order valence-electron chi connectivity index (χ1n) is 11.3. The minimum Gasteiger partial charge on any atom is -0.338 e. The fourth-order valence-corrected chi connectivity index (χ4v) is 4.85. The number of fused-ring (bicyclic) bond motifs is 1. The van der Waals surface area contributed by atoms with Gasteiger partial charge in [0, 0.05) is 38.0 Å². The molecule has 0 aliphatic carbocycles. The number of nitrogens with one attached hydrogen (secondary N) is 1. The van der Waals surface area contributed by atoms with Crippen LogP contribution in [-0.4, -0.2) is 66.8 Å². The van der Waals surface area contributed by atoms with Gasteiger partial charge in [-0.3, -0.25) is 9.59 Å². The van der Waals surface area contributed by atoms with Gasteiger partial charge < -0.3 is 15.1 Å². The maximum atomic E-state index is 13.2. The first-order valence-corrected chi connectivity index (χ1v) is 11.3. The van der Waals surface area contributed by atoms with Gasteiger partial charge in [-0.1, -0.05) is 37.3 Å². The van der Waals surface area contributed by atoms with Crippen LogP contribution in [0.25, 0.3) is 0 Å². The van der Waals surface area contributed by atoms with E-state index in [1.165, 1.54) is 18.4 Å². The van der Waals surface area contributed by atoms with Gasteiger partial charge in [-0.15, -0.1) is 0 Å². The van der Waals surface area contributed by atoms with Gasteiger partial charge in [0.25, 0.3) is 0 Å². The third kappa shape index (κ3) is 5.67. The number of likely N-dealkylation sites (N-methyl/N-ethyl adjacent to an activating group) is 1. The molecule has 5 nitrogen and oxygen atoms in total. The van der Waals surface area contributed by atoms with E-state index in [1.807, 2.05) is 13.8 Å². The molecule has 1 N–H and O–H groups in total. The topological polar surface area (TPSA) is 52.7 Å². The van der Waals surface area contributed by atoms with Crippen molar-refractivity contribution in [3.8, 4) is 0 Å². The van der Waals surface area contributed by atoms with E-state index < -0.39 is 0 Å². The van der Waals surface area contributed by atoms with Crippen LogP contribution >= 0.6 is 0 Å². The standard InChI is InChI=1S/C24H37N3O2/c1-18(16-23(28)19(2)25-3)24(29)27-15-12-21-10-7-13-26(17-22(21)27)14-11-20-8-5-4-6-9-20/h4-6,8-9,18-19,21-22,25H,7,10-17H2,1-3H3/t18-,19-,21+,22+/m0/s1. The second kappa shape index (κ2) is 10.4. The quantitative estimate of drug-likeness (QED) is 0.730. The van der Waals surface area contributed by atoms with Gasteiger partial charge in [0.05, 0.1) is 6.04 Å². The summed E-state index contributed by atoms with van der Waals surface area (Å²) in [6, 6.07) is 10.8. The fourth-order valence-electron chi connectivity index (χ4n) is 4.85. The Balaban J connectivity index is 1.59. The average molecular weight is 400 g/mol. The predicted octanol–water partition coefficient (Wildman–Crippen LogP) is 2.75. The highest BCUT2D eigenvalue weighted by molar-refractivity contribution is 5.89. The molecule has 0 bridgehead atoms. The zero-order valence-corrected chi connectivity index (χ0v) is 18.3. The van der Waals surface area contributed by atoms with E-state index in [0.29, 0.717) is 18.4 Å². The van der Waals surface area contributed by atoms with Crippen molar-refractivity contribution in [2.75, 3.05) is 33.2 Å². The van der Waals surface area contributed by atoms with Crippen molar-refractivity contribution < 1.29 is 9.59 Å². The van der Waals surface area contributed by atoms with Crippen LogP contribution in [0, 0.1) is 11.8 Å². The van der Waals surface area contributed by atoms with Crippen molar-refractivity contribution in [3.05, 3.63) is 35.9 Å². The lowest BCUT2D eigenvalue weighted by Gasteiger charge is -2.32. The molecule has 29 heavy (non-hydrogen) atoms. The number of amides is 1. The molecule has 5 heteroatoms. The minimum atomic E-state index is -0.238. The molecular formula is C24H37N3O2. The number of rotatable bonds is 8. The largest absolute Gasteiger partial charge is 0.338 e. The summed E-state index contributed by atoms with van der Waals surface area (Å²) in [5.41, 5.74) is 1.37. The third-order valence-corrected chi connectivity index (χ3v) is 6.87. The lowest BCUT2D eigenvalue weighted by molar-refractivity contribution is -0.139. The van der Waals surface area contributed by atoms with Crippen LogP contribution < -0.4 is 5.32 Å².